The van der Waals surface area contributed by atoms with Gasteiger partial charge >= 0.3 is 0 Å². The van der Waals surface area contributed by atoms with Crippen molar-refractivity contribution in [1.82, 2.24) is 0 Å². The van der Waals surface area contributed by atoms with Crippen molar-refractivity contribution >= 4 is 23.0 Å². The van der Waals surface area contributed by atoms with Crippen molar-refractivity contribution in [3.8, 4) is 0 Å². The van der Waals surface area contributed by atoms with E-state index in [1.165, 1.54) is 11.4 Å². The third kappa shape index (κ3) is 1.54. The van der Waals surface area contributed by atoms with Crippen LogP contribution in [-0.2, 0) is 0 Å². The molecule has 2 aliphatic heterocycles. The van der Waals surface area contributed by atoms with Crippen LogP contribution >= 0.6 is 0 Å². The van der Waals surface area contributed by atoms with Gasteiger partial charge in [0.15, 0.2) is 0 Å². The maximum absolute atomic E-state index is 5.08. The van der Waals surface area contributed by atoms with Crippen molar-refractivity contribution in [1.29, 1.82) is 0 Å². The molecule has 0 amide bonds. The average Bonchev–Trinajstić information content (AvgIpc) is 2.89. The quantitative estimate of drug-likeness (QED) is 0.766. The van der Waals surface area contributed by atoms with Gasteiger partial charge < -0.3 is 4.90 Å². The molecule has 4 rings (SSSR count). The number of nitrogens with zero attached hydrogens (tertiary/aromatic N) is 3. The number of hydrogen-bond donors (Lipinski definition) is 0. The summed E-state index contributed by atoms with van der Waals surface area (Å²) in [6, 6.07) is 19.0. The molecule has 0 saturated carbocycles. The first-order valence-electron chi connectivity index (χ1n) is 7.78. The molecule has 2 heterocycles. The predicted octanol–water partition coefficient (Wildman–Crippen LogP) is 4.57. The van der Waals surface area contributed by atoms with Crippen LogP contribution in [0.2, 0.25) is 0 Å². The van der Waals surface area contributed by atoms with E-state index in [9.17, 15) is 0 Å². The third-order valence-electron chi connectivity index (χ3n) is 5.21. The Morgan fingerprint density at radius 1 is 0.773 bits per heavy atom. The van der Waals surface area contributed by atoms with Crippen LogP contribution < -0.4 is 9.80 Å². The molecule has 0 atom stereocenters. The van der Waals surface area contributed by atoms with Gasteiger partial charge in [-0.1, -0.05) is 30.3 Å². The second-order valence-electron chi connectivity index (χ2n) is 7.02. The lowest BCUT2D eigenvalue weighted by molar-refractivity contribution is 0.338. The highest BCUT2D eigenvalue weighted by Gasteiger charge is 2.54. The van der Waals surface area contributed by atoms with E-state index in [-0.39, 0.29) is 11.1 Å². The normalized spacial score (nSPS) is 20.6. The average molecular weight is 291 g/mol. The smallest absolute Gasteiger partial charge is 0.211 e. The summed E-state index contributed by atoms with van der Waals surface area (Å²) in [6.45, 7) is 8.97. The SMILES string of the molecule is CC1(C)N=C2N(c3ccccc3)c3ccccc3N2C1(C)C. The van der Waals surface area contributed by atoms with Gasteiger partial charge in [-0.3, -0.25) is 4.90 Å². The largest absolute Gasteiger partial charge is 0.302 e. The fraction of sp³-hybridized carbons (Fsp3) is 0.316. The summed E-state index contributed by atoms with van der Waals surface area (Å²) in [5.41, 5.74) is 3.40. The van der Waals surface area contributed by atoms with Crippen molar-refractivity contribution in [2.24, 2.45) is 4.99 Å². The van der Waals surface area contributed by atoms with E-state index >= 15 is 0 Å². The number of fused-ring (bicyclic) bond motifs is 3. The molecule has 0 N–H and O–H groups in total. The highest BCUT2D eigenvalue weighted by Crippen LogP contribution is 2.51. The molecule has 112 valence electrons. The molecule has 3 heteroatoms. The zero-order chi connectivity index (χ0) is 15.5. The molecule has 0 aliphatic carbocycles. The van der Waals surface area contributed by atoms with Gasteiger partial charge in [0.25, 0.3) is 0 Å². The minimum Gasteiger partial charge on any atom is -0.302 e. The van der Waals surface area contributed by atoms with Gasteiger partial charge in [0.2, 0.25) is 5.96 Å². The molecule has 3 nitrogen and oxygen atoms in total. The zero-order valence-corrected chi connectivity index (χ0v) is 13.5. The number of anilines is 3. The molecule has 22 heavy (non-hydrogen) atoms. The molecular weight excluding hydrogens is 270 g/mol. The minimum absolute atomic E-state index is 0.0675. The van der Waals surface area contributed by atoms with Crippen LogP contribution in [0.5, 0.6) is 0 Å². The first kappa shape index (κ1) is 13.4. The highest BCUT2D eigenvalue weighted by molar-refractivity contribution is 6.22. The zero-order valence-electron chi connectivity index (χ0n) is 13.5. The lowest BCUT2D eigenvalue weighted by atomic mass is 9.83. The standard InChI is InChI=1S/C19H21N3/c1-18(2)19(3,4)22-16-13-9-8-12-15(16)21(17(22)20-18)14-10-6-5-7-11-14/h5-13H,1-4H3. The van der Waals surface area contributed by atoms with Crippen LogP contribution in [0.3, 0.4) is 0 Å². The molecular formula is C19H21N3. The summed E-state index contributed by atoms with van der Waals surface area (Å²) < 4.78 is 0. The Kier molecular flexibility index (Phi) is 2.51. The minimum atomic E-state index is -0.136. The van der Waals surface area contributed by atoms with Gasteiger partial charge in [-0.2, -0.15) is 0 Å². The maximum Gasteiger partial charge on any atom is 0.211 e. The molecule has 0 bridgehead atoms. The Labute approximate surface area is 131 Å². The Balaban J connectivity index is 1.97. The number of hydrogen-bond acceptors (Lipinski definition) is 3. The number of para-hydroxylation sites is 3. The molecule has 0 saturated heterocycles. The summed E-state index contributed by atoms with van der Waals surface area (Å²) in [7, 11) is 0. The second-order valence-corrected chi connectivity index (χ2v) is 7.02. The van der Waals surface area contributed by atoms with Crippen LogP contribution in [-0.4, -0.2) is 17.0 Å². The molecule has 0 radical (unpaired) electrons. The van der Waals surface area contributed by atoms with Crippen molar-refractivity contribution < 1.29 is 0 Å². The van der Waals surface area contributed by atoms with E-state index < -0.39 is 0 Å². The Hall–Kier alpha value is -2.29. The van der Waals surface area contributed by atoms with Crippen LogP contribution in [0.1, 0.15) is 27.7 Å². The Bertz CT molecular complexity index is 759. The fourth-order valence-electron chi connectivity index (χ4n) is 3.30. The number of aliphatic imine (C=N–C) groups is 1. The van der Waals surface area contributed by atoms with Gasteiger partial charge in [0, 0.05) is 5.69 Å². The van der Waals surface area contributed by atoms with Crippen LogP contribution in [0, 0.1) is 0 Å². The number of guanidine groups is 1. The second kappa shape index (κ2) is 4.13. The van der Waals surface area contributed by atoms with Gasteiger partial charge in [-0.05, 0) is 52.0 Å². The molecule has 0 aromatic heterocycles. The van der Waals surface area contributed by atoms with E-state index in [0.717, 1.165) is 11.6 Å². The van der Waals surface area contributed by atoms with Gasteiger partial charge in [-0.25, -0.2) is 4.99 Å². The van der Waals surface area contributed by atoms with Gasteiger partial charge in [-0.15, -0.1) is 0 Å². The van der Waals surface area contributed by atoms with Crippen LogP contribution in [0.4, 0.5) is 17.1 Å². The van der Waals surface area contributed by atoms with Crippen molar-refractivity contribution in [3.05, 3.63) is 54.6 Å². The first-order valence-corrected chi connectivity index (χ1v) is 7.78. The van der Waals surface area contributed by atoms with Gasteiger partial charge in [0.05, 0.1) is 22.5 Å². The summed E-state index contributed by atoms with van der Waals surface area (Å²) in [6.07, 6.45) is 0. The first-order chi connectivity index (χ1) is 10.4. The molecule has 2 aromatic rings. The van der Waals surface area contributed by atoms with E-state index in [4.69, 9.17) is 4.99 Å². The van der Waals surface area contributed by atoms with Crippen LogP contribution in [0.25, 0.3) is 0 Å². The van der Waals surface area contributed by atoms with E-state index in [0.29, 0.717) is 0 Å². The Morgan fingerprint density at radius 2 is 1.36 bits per heavy atom. The molecule has 2 aliphatic rings. The number of rotatable bonds is 1. The van der Waals surface area contributed by atoms with Crippen molar-refractivity contribution in [2.45, 2.75) is 38.8 Å². The number of benzene rings is 2. The summed E-state index contributed by atoms with van der Waals surface area (Å²) in [5.74, 6) is 1.03. The van der Waals surface area contributed by atoms with E-state index in [2.05, 4.69) is 86.0 Å². The highest BCUT2D eigenvalue weighted by atomic mass is 15.5. The van der Waals surface area contributed by atoms with Crippen molar-refractivity contribution in [3.63, 3.8) is 0 Å². The monoisotopic (exact) mass is 291 g/mol. The van der Waals surface area contributed by atoms with E-state index in [1.54, 1.807) is 0 Å². The Morgan fingerprint density at radius 3 is 2.05 bits per heavy atom. The van der Waals surface area contributed by atoms with E-state index in [1.807, 2.05) is 6.07 Å². The maximum atomic E-state index is 5.08. The fourth-order valence-corrected chi connectivity index (χ4v) is 3.30. The molecule has 2 aromatic carbocycles. The summed E-state index contributed by atoms with van der Waals surface area (Å²) in [5, 5.41) is 0. The lowest BCUT2D eigenvalue weighted by Crippen LogP contribution is -2.53. The van der Waals surface area contributed by atoms with Gasteiger partial charge in [0.1, 0.15) is 0 Å². The topological polar surface area (TPSA) is 18.8 Å². The van der Waals surface area contributed by atoms with Crippen molar-refractivity contribution in [2.75, 3.05) is 9.80 Å². The van der Waals surface area contributed by atoms with Crippen LogP contribution in [0.15, 0.2) is 59.6 Å². The molecule has 0 spiro atoms. The third-order valence-corrected chi connectivity index (χ3v) is 5.21. The predicted molar refractivity (Wildman–Crippen MR) is 93.1 cm³/mol. The summed E-state index contributed by atoms with van der Waals surface area (Å²) in [4.78, 5) is 9.73. The summed E-state index contributed by atoms with van der Waals surface area (Å²) >= 11 is 0. The lowest BCUT2D eigenvalue weighted by Gasteiger charge is -2.39. The molecule has 0 fully saturated rings. The molecule has 0 unspecified atom stereocenters.